The van der Waals surface area contributed by atoms with Crippen LogP contribution in [0.15, 0.2) is 23.1 Å². The van der Waals surface area contributed by atoms with Crippen LogP contribution in [0.3, 0.4) is 0 Å². The van der Waals surface area contributed by atoms with Crippen molar-refractivity contribution in [3.05, 3.63) is 29.3 Å². The minimum Gasteiger partial charge on any atom is -0.335 e. The van der Waals surface area contributed by atoms with Crippen LogP contribution in [0, 0.1) is 0 Å². The summed E-state index contributed by atoms with van der Waals surface area (Å²) < 4.78 is 23.9. The quantitative estimate of drug-likeness (QED) is 0.895. The molecule has 1 aromatic rings. The summed E-state index contributed by atoms with van der Waals surface area (Å²) >= 11 is 0. The molecule has 0 spiro atoms. The largest absolute Gasteiger partial charge is 0.335 e. The van der Waals surface area contributed by atoms with Gasteiger partial charge in [0.25, 0.3) is 0 Å². The number of urea groups is 1. The number of hydrogen-bond donors (Lipinski definition) is 2. The first-order valence-electron chi connectivity index (χ1n) is 7.93. The summed E-state index contributed by atoms with van der Waals surface area (Å²) in [4.78, 5) is 12.3. The summed E-state index contributed by atoms with van der Waals surface area (Å²) in [6, 6.07) is 5.53. The third-order valence-corrected chi connectivity index (χ3v) is 6.36. The lowest BCUT2D eigenvalue weighted by Crippen LogP contribution is -2.40. The lowest BCUT2D eigenvalue weighted by atomic mass is 10.1. The van der Waals surface area contributed by atoms with Gasteiger partial charge in [-0.1, -0.05) is 25.0 Å². The van der Waals surface area contributed by atoms with Crippen molar-refractivity contribution in [1.82, 2.24) is 10.6 Å². The van der Waals surface area contributed by atoms with Crippen LogP contribution in [0.1, 0.15) is 43.2 Å². The molecule has 0 saturated heterocycles. The average molecular weight is 322 g/mol. The predicted octanol–water partition coefficient (Wildman–Crippen LogP) is 2.15. The van der Waals surface area contributed by atoms with E-state index < -0.39 is 9.84 Å². The zero-order valence-electron chi connectivity index (χ0n) is 12.6. The lowest BCUT2D eigenvalue weighted by Gasteiger charge is -2.17. The standard InChI is InChI=1S/C16H22N2O3S/c19-16(18-14-5-1-2-6-14)17-11-12-7-8-15-13(10-12)4-3-9-22(15,20)21/h7-8,10,14H,1-6,9,11H2,(H2,17,18,19). The second-order valence-electron chi connectivity index (χ2n) is 6.17. The van der Waals surface area contributed by atoms with E-state index in [0.717, 1.165) is 30.4 Å². The minimum absolute atomic E-state index is 0.141. The molecular weight excluding hydrogens is 300 g/mol. The molecule has 1 fully saturated rings. The molecule has 0 unspecified atom stereocenters. The van der Waals surface area contributed by atoms with E-state index in [2.05, 4.69) is 10.6 Å². The lowest BCUT2D eigenvalue weighted by molar-refractivity contribution is 0.236. The fourth-order valence-corrected chi connectivity index (χ4v) is 4.87. The van der Waals surface area contributed by atoms with Crippen molar-refractivity contribution in [2.24, 2.45) is 0 Å². The second-order valence-corrected chi connectivity index (χ2v) is 8.25. The third-order valence-electron chi connectivity index (χ3n) is 4.46. The average Bonchev–Trinajstić information content (AvgIpc) is 2.97. The Kier molecular flexibility index (Phi) is 4.38. The first kappa shape index (κ1) is 15.3. The van der Waals surface area contributed by atoms with Crippen LogP contribution < -0.4 is 10.6 Å². The van der Waals surface area contributed by atoms with Gasteiger partial charge in [0.1, 0.15) is 0 Å². The third kappa shape index (κ3) is 3.43. The van der Waals surface area contributed by atoms with E-state index in [1.54, 1.807) is 12.1 Å². The van der Waals surface area contributed by atoms with Gasteiger partial charge in [0.15, 0.2) is 9.84 Å². The number of fused-ring (bicyclic) bond motifs is 1. The summed E-state index contributed by atoms with van der Waals surface area (Å²) in [5.41, 5.74) is 1.82. The molecule has 2 aliphatic rings. The van der Waals surface area contributed by atoms with Crippen LogP contribution in [0.25, 0.3) is 0 Å². The zero-order chi connectivity index (χ0) is 15.6. The molecule has 3 rings (SSSR count). The Morgan fingerprint density at radius 3 is 2.73 bits per heavy atom. The van der Waals surface area contributed by atoms with Crippen LogP contribution in [0.4, 0.5) is 4.79 Å². The molecule has 1 aromatic carbocycles. The maximum Gasteiger partial charge on any atom is 0.315 e. The topological polar surface area (TPSA) is 75.3 Å². The molecule has 2 N–H and O–H groups in total. The molecule has 5 nitrogen and oxygen atoms in total. The smallest absolute Gasteiger partial charge is 0.315 e. The van der Waals surface area contributed by atoms with Crippen LogP contribution in [0.2, 0.25) is 0 Å². The van der Waals surface area contributed by atoms with Gasteiger partial charge < -0.3 is 10.6 Å². The molecule has 6 heteroatoms. The van der Waals surface area contributed by atoms with Gasteiger partial charge in [-0.25, -0.2) is 13.2 Å². The molecule has 0 aromatic heterocycles. The maximum atomic E-state index is 12.0. The van der Waals surface area contributed by atoms with E-state index in [-0.39, 0.29) is 11.8 Å². The maximum absolute atomic E-state index is 12.0. The summed E-state index contributed by atoms with van der Waals surface area (Å²) in [7, 11) is -3.11. The number of amides is 2. The van der Waals surface area contributed by atoms with Gasteiger partial charge in [-0.3, -0.25) is 0 Å². The Bertz CT molecular complexity index is 664. The number of carbonyl (C=O) groups excluding carboxylic acids is 1. The molecule has 0 atom stereocenters. The number of sulfone groups is 1. The summed E-state index contributed by atoms with van der Waals surface area (Å²) in [6.45, 7) is 0.423. The first-order chi connectivity index (χ1) is 10.5. The Hall–Kier alpha value is -1.56. The molecule has 1 aliphatic heterocycles. The molecule has 2 amide bonds. The number of carbonyl (C=O) groups is 1. The Morgan fingerprint density at radius 2 is 1.95 bits per heavy atom. The van der Waals surface area contributed by atoms with Crippen LogP contribution in [-0.4, -0.2) is 26.2 Å². The van der Waals surface area contributed by atoms with Gasteiger partial charge in [-0.15, -0.1) is 0 Å². The molecular formula is C16H22N2O3S. The fraction of sp³-hybridized carbons (Fsp3) is 0.562. The van der Waals surface area contributed by atoms with Crippen molar-refractivity contribution < 1.29 is 13.2 Å². The predicted molar refractivity (Wildman–Crippen MR) is 84.4 cm³/mol. The highest BCUT2D eigenvalue weighted by Crippen LogP contribution is 2.25. The Balaban J connectivity index is 1.60. The summed E-state index contributed by atoms with van der Waals surface area (Å²) in [5, 5.41) is 5.83. The number of nitrogens with one attached hydrogen (secondary N) is 2. The van der Waals surface area contributed by atoms with Gasteiger partial charge >= 0.3 is 6.03 Å². The Morgan fingerprint density at radius 1 is 1.18 bits per heavy atom. The SMILES string of the molecule is O=C(NCc1ccc2c(c1)CCCS2(=O)=O)NC1CCCC1. The van der Waals surface area contributed by atoms with E-state index in [0.29, 0.717) is 23.9 Å². The van der Waals surface area contributed by atoms with Gasteiger partial charge in [-0.2, -0.15) is 0 Å². The summed E-state index contributed by atoms with van der Waals surface area (Å²) in [6.07, 6.45) is 5.95. The molecule has 0 radical (unpaired) electrons. The normalized spacial score (nSPS) is 20.4. The molecule has 1 heterocycles. The van der Waals surface area contributed by atoms with E-state index in [4.69, 9.17) is 0 Å². The number of hydrogen-bond acceptors (Lipinski definition) is 3. The molecule has 1 aliphatic carbocycles. The van der Waals surface area contributed by atoms with Crippen LogP contribution >= 0.6 is 0 Å². The molecule has 0 bridgehead atoms. The van der Waals surface area contributed by atoms with E-state index in [9.17, 15) is 13.2 Å². The highest BCUT2D eigenvalue weighted by Gasteiger charge is 2.23. The van der Waals surface area contributed by atoms with Crippen molar-refractivity contribution in [2.45, 2.75) is 56.0 Å². The Labute approximate surface area is 131 Å². The van der Waals surface area contributed by atoms with Gasteiger partial charge in [0.05, 0.1) is 10.6 Å². The molecule has 120 valence electrons. The highest BCUT2D eigenvalue weighted by atomic mass is 32.2. The van der Waals surface area contributed by atoms with Gasteiger partial charge in [0, 0.05) is 12.6 Å². The van der Waals surface area contributed by atoms with Gasteiger partial charge in [-0.05, 0) is 42.9 Å². The number of rotatable bonds is 3. The van der Waals surface area contributed by atoms with E-state index in [1.807, 2.05) is 6.07 Å². The number of aryl methyl sites for hydroxylation is 1. The minimum atomic E-state index is -3.11. The fourth-order valence-electron chi connectivity index (χ4n) is 3.29. The monoisotopic (exact) mass is 322 g/mol. The van der Waals surface area contributed by atoms with Crippen molar-refractivity contribution in [1.29, 1.82) is 0 Å². The first-order valence-corrected chi connectivity index (χ1v) is 9.59. The van der Waals surface area contributed by atoms with Crippen molar-refractivity contribution >= 4 is 15.9 Å². The van der Waals surface area contributed by atoms with Crippen LogP contribution in [0.5, 0.6) is 0 Å². The summed E-state index contributed by atoms with van der Waals surface area (Å²) in [5.74, 6) is 0.237. The van der Waals surface area contributed by atoms with Crippen molar-refractivity contribution in [3.63, 3.8) is 0 Å². The zero-order valence-corrected chi connectivity index (χ0v) is 13.4. The molecule has 22 heavy (non-hydrogen) atoms. The second kappa shape index (κ2) is 6.28. The number of benzene rings is 1. The van der Waals surface area contributed by atoms with Crippen molar-refractivity contribution in [2.75, 3.05) is 5.75 Å². The highest BCUT2D eigenvalue weighted by molar-refractivity contribution is 7.91. The molecule has 1 saturated carbocycles. The van der Waals surface area contributed by atoms with Gasteiger partial charge in [0.2, 0.25) is 0 Å². The van der Waals surface area contributed by atoms with E-state index >= 15 is 0 Å². The van der Waals surface area contributed by atoms with E-state index in [1.165, 1.54) is 12.8 Å². The van der Waals surface area contributed by atoms with Crippen LogP contribution in [-0.2, 0) is 22.8 Å². The van der Waals surface area contributed by atoms with Crippen molar-refractivity contribution in [3.8, 4) is 0 Å².